The fourth-order valence-corrected chi connectivity index (χ4v) is 2.39. The number of rotatable bonds is 5. The van der Waals surface area contributed by atoms with Gasteiger partial charge in [0.25, 0.3) is 0 Å². The van der Waals surface area contributed by atoms with Crippen LogP contribution in [0.4, 0.5) is 13.2 Å². The van der Waals surface area contributed by atoms with Gasteiger partial charge in [0.2, 0.25) is 0 Å². The average Bonchev–Trinajstić information content (AvgIpc) is 2.32. The molecule has 9 heteroatoms. The van der Waals surface area contributed by atoms with E-state index in [1.54, 1.807) is 6.92 Å². The first-order valence-corrected chi connectivity index (χ1v) is 7.03. The van der Waals surface area contributed by atoms with Crippen LogP contribution in [0.2, 0.25) is 0 Å². The minimum absolute atomic E-state index is 0.0800. The highest BCUT2D eigenvalue weighted by Crippen LogP contribution is 2.31. The zero-order valence-corrected chi connectivity index (χ0v) is 13.2. The van der Waals surface area contributed by atoms with Crippen molar-refractivity contribution in [3.05, 3.63) is 21.0 Å². The van der Waals surface area contributed by atoms with Gasteiger partial charge < -0.3 is 9.47 Å². The van der Waals surface area contributed by atoms with Gasteiger partial charge in [-0.3, -0.25) is 4.79 Å². The van der Waals surface area contributed by atoms with E-state index in [-0.39, 0.29) is 30.0 Å². The summed E-state index contributed by atoms with van der Waals surface area (Å²) in [4.78, 5) is 15.3. The van der Waals surface area contributed by atoms with E-state index in [1.165, 1.54) is 0 Å². The highest BCUT2D eigenvalue weighted by Gasteiger charge is 2.33. The van der Waals surface area contributed by atoms with E-state index in [9.17, 15) is 18.0 Å². The summed E-state index contributed by atoms with van der Waals surface area (Å²) >= 11 is 7.48. The SMILES string of the molecule is CCOC(=O)Cc1c(I)ncc(OC(F)(F)F)c1CCl. The largest absolute Gasteiger partial charge is 0.573 e. The normalized spacial score (nSPS) is 11.3. The number of pyridine rings is 1. The van der Waals surface area contributed by atoms with Crippen LogP contribution in [0.15, 0.2) is 6.20 Å². The quantitative estimate of drug-likeness (QED) is 0.315. The van der Waals surface area contributed by atoms with Crippen molar-refractivity contribution in [1.82, 2.24) is 4.98 Å². The molecule has 0 saturated carbocycles. The lowest BCUT2D eigenvalue weighted by Gasteiger charge is -2.15. The minimum atomic E-state index is -4.85. The number of aromatic nitrogens is 1. The van der Waals surface area contributed by atoms with Gasteiger partial charge in [-0.25, -0.2) is 4.98 Å². The van der Waals surface area contributed by atoms with Crippen molar-refractivity contribution in [2.24, 2.45) is 0 Å². The molecule has 0 amide bonds. The molecule has 0 saturated heterocycles. The summed E-state index contributed by atoms with van der Waals surface area (Å²) < 4.78 is 45.9. The van der Waals surface area contributed by atoms with Crippen LogP contribution in [0.1, 0.15) is 18.1 Å². The van der Waals surface area contributed by atoms with Gasteiger partial charge >= 0.3 is 12.3 Å². The van der Waals surface area contributed by atoms with E-state index >= 15 is 0 Å². The number of carbonyl (C=O) groups excluding carboxylic acids is 1. The summed E-state index contributed by atoms with van der Waals surface area (Å²) in [5.74, 6) is -1.31. The van der Waals surface area contributed by atoms with E-state index < -0.39 is 18.1 Å². The smallest absolute Gasteiger partial charge is 0.466 e. The summed E-state index contributed by atoms with van der Waals surface area (Å²) in [6, 6.07) is 0. The molecule has 20 heavy (non-hydrogen) atoms. The lowest BCUT2D eigenvalue weighted by atomic mass is 10.1. The predicted molar refractivity (Wildman–Crippen MR) is 73.5 cm³/mol. The van der Waals surface area contributed by atoms with Gasteiger partial charge in [0.05, 0.1) is 25.1 Å². The van der Waals surface area contributed by atoms with Crippen molar-refractivity contribution in [3.63, 3.8) is 0 Å². The fourth-order valence-electron chi connectivity index (χ4n) is 1.44. The van der Waals surface area contributed by atoms with Crippen molar-refractivity contribution < 1.29 is 27.4 Å². The van der Waals surface area contributed by atoms with Crippen LogP contribution in [0, 0.1) is 3.70 Å². The third-order valence-corrected chi connectivity index (χ3v) is 3.39. The Bertz CT molecular complexity index is 497. The molecule has 112 valence electrons. The molecule has 0 aromatic carbocycles. The Morgan fingerprint density at radius 1 is 1.45 bits per heavy atom. The van der Waals surface area contributed by atoms with Crippen LogP contribution in [0.5, 0.6) is 5.75 Å². The lowest BCUT2D eigenvalue weighted by molar-refractivity contribution is -0.275. The zero-order valence-electron chi connectivity index (χ0n) is 10.3. The number of halogens is 5. The molecule has 1 heterocycles. The maximum atomic E-state index is 12.3. The third kappa shape index (κ3) is 4.97. The highest BCUT2D eigenvalue weighted by atomic mass is 127. The lowest BCUT2D eigenvalue weighted by Crippen LogP contribution is -2.20. The van der Waals surface area contributed by atoms with Crippen molar-refractivity contribution in [1.29, 1.82) is 0 Å². The topological polar surface area (TPSA) is 48.4 Å². The van der Waals surface area contributed by atoms with Crippen molar-refractivity contribution in [3.8, 4) is 5.75 Å². The number of hydrogen-bond donors (Lipinski definition) is 0. The van der Waals surface area contributed by atoms with Gasteiger partial charge in [0.1, 0.15) is 3.70 Å². The van der Waals surface area contributed by atoms with Gasteiger partial charge in [-0.05, 0) is 29.5 Å². The summed E-state index contributed by atoms with van der Waals surface area (Å²) in [6.45, 7) is 1.81. The molecule has 0 spiro atoms. The Morgan fingerprint density at radius 3 is 2.60 bits per heavy atom. The Kier molecular flexibility index (Phi) is 6.31. The van der Waals surface area contributed by atoms with Crippen LogP contribution in [0.3, 0.4) is 0 Å². The molecule has 0 unspecified atom stereocenters. The number of hydrogen-bond acceptors (Lipinski definition) is 4. The van der Waals surface area contributed by atoms with Crippen molar-refractivity contribution in [2.75, 3.05) is 6.61 Å². The number of ether oxygens (including phenoxy) is 2. The molecular weight excluding hydrogens is 413 g/mol. The van der Waals surface area contributed by atoms with E-state index in [4.69, 9.17) is 16.3 Å². The van der Waals surface area contributed by atoms with Gasteiger partial charge in [0.15, 0.2) is 5.75 Å². The second-order valence-electron chi connectivity index (χ2n) is 3.53. The molecule has 4 nitrogen and oxygen atoms in total. The number of esters is 1. The molecule has 0 fully saturated rings. The molecule has 0 radical (unpaired) electrons. The van der Waals surface area contributed by atoms with Crippen LogP contribution in [-0.4, -0.2) is 23.9 Å². The highest BCUT2D eigenvalue weighted by molar-refractivity contribution is 14.1. The maximum absolute atomic E-state index is 12.3. The molecule has 0 aliphatic rings. The number of alkyl halides is 4. The summed E-state index contributed by atoms with van der Waals surface area (Å²) in [7, 11) is 0. The second kappa shape index (κ2) is 7.30. The Hall–Kier alpha value is -0.770. The summed E-state index contributed by atoms with van der Waals surface area (Å²) in [5, 5.41) is 0. The van der Waals surface area contributed by atoms with Crippen LogP contribution in [-0.2, 0) is 21.8 Å². The van der Waals surface area contributed by atoms with E-state index in [1.807, 2.05) is 22.6 Å². The van der Waals surface area contributed by atoms with Gasteiger partial charge in [-0.15, -0.1) is 24.8 Å². The minimum Gasteiger partial charge on any atom is -0.466 e. The second-order valence-corrected chi connectivity index (χ2v) is 4.82. The van der Waals surface area contributed by atoms with E-state index in [0.717, 1.165) is 6.20 Å². The molecule has 0 aliphatic heterocycles. The molecule has 1 aromatic heterocycles. The standard InChI is InChI=1S/C11H10ClF3INO3/c1-2-19-9(18)3-6-7(4-12)8(5-17-10(6)16)20-11(13,14)15/h5H,2-4H2,1H3. The first kappa shape index (κ1) is 17.3. The van der Waals surface area contributed by atoms with Crippen LogP contribution in [0.25, 0.3) is 0 Å². The molecule has 0 bridgehead atoms. The Morgan fingerprint density at radius 2 is 2.10 bits per heavy atom. The summed E-state index contributed by atoms with van der Waals surface area (Å²) in [6.07, 6.45) is -4.13. The van der Waals surface area contributed by atoms with Gasteiger partial charge in [-0.1, -0.05) is 0 Å². The molecule has 0 atom stereocenters. The Labute approximate surface area is 131 Å². The monoisotopic (exact) mass is 423 g/mol. The fraction of sp³-hybridized carbons (Fsp3) is 0.455. The van der Waals surface area contributed by atoms with Crippen LogP contribution >= 0.6 is 34.2 Å². The summed E-state index contributed by atoms with van der Waals surface area (Å²) in [5.41, 5.74) is 0.359. The predicted octanol–water partition coefficient (Wildman–Crippen LogP) is 3.43. The van der Waals surface area contributed by atoms with Gasteiger partial charge in [-0.2, -0.15) is 0 Å². The molecule has 1 aromatic rings. The maximum Gasteiger partial charge on any atom is 0.573 e. The molecule has 1 rings (SSSR count). The Balaban J connectivity index is 3.14. The number of nitrogens with zero attached hydrogens (tertiary/aromatic N) is 1. The third-order valence-electron chi connectivity index (χ3n) is 2.19. The number of carbonyl (C=O) groups is 1. The first-order chi connectivity index (χ1) is 9.28. The van der Waals surface area contributed by atoms with Gasteiger partial charge in [0, 0.05) is 11.1 Å². The molecule has 0 N–H and O–H groups in total. The average molecular weight is 424 g/mol. The van der Waals surface area contributed by atoms with Crippen LogP contribution < -0.4 is 4.74 Å². The molecule has 0 aliphatic carbocycles. The van der Waals surface area contributed by atoms with E-state index in [2.05, 4.69) is 9.72 Å². The van der Waals surface area contributed by atoms with Crippen molar-refractivity contribution >= 4 is 40.2 Å². The zero-order chi connectivity index (χ0) is 15.3. The van der Waals surface area contributed by atoms with E-state index in [0.29, 0.717) is 3.70 Å². The van der Waals surface area contributed by atoms with Crippen molar-refractivity contribution in [2.45, 2.75) is 25.6 Å². The molecular formula is C11H10ClF3INO3. The first-order valence-electron chi connectivity index (χ1n) is 5.42.